The molecule has 0 saturated carbocycles. The number of ether oxygens (including phenoxy) is 2. The molecule has 0 fully saturated rings. The van der Waals surface area contributed by atoms with Crippen molar-refractivity contribution in [3.63, 3.8) is 0 Å². The summed E-state index contributed by atoms with van der Waals surface area (Å²) in [5.74, 6) is 2.52. The summed E-state index contributed by atoms with van der Waals surface area (Å²) in [5.41, 5.74) is 0. The van der Waals surface area contributed by atoms with Crippen LogP contribution in [0.5, 0.6) is 11.5 Å². The number of methoxy groups -OCH3 is 1. The summed E-state index contributed by atoms with van der Waals surface area (Å²) in [4.78, 5) is 11.7. The van der Waals surface area contributed by atoms with Crippen LogP contribution in [0.1, 0.15) is 18.6 Å². The van der Waals surface area contributed by atoms with E-state index in [1.165, 1.54) is 0 Å². The number of carbonyl (C=O) groups is 1. The Hall–Kier alpha value is -2.50. The molecule has 0 aliphatic carbocycles. The zero-order chi connectivity index (χ0) is 15.1. The molecule has 1 N–H and O–H groups in total. The van der Waals surface area contributed by atoms with Crippen LogP contribution in [0.4, 0.5) is 5.82 Å². The third-order valence-electron chi connectivity index (χ3n) is 2.77. The lowest BCUT2D eigenvalue weighted by Gasteiger charge is -2.06. The number of amides is 1. The molecule has 2 rings (SSSR count). The third kappa shape index (κ3) is 4.83. The number of nitrogens with one attached hydrogen (secondary N) is 1. The van der Waals surface area contributed by atoms with Gasteiger partial charge in [-0.05, 0) is 37.6 Å². The Morgan fingerprint density at radius 3 is 2.62 bits per heavy atom. The van der Waals surface area contributed by atoms with Crippen molar-refractivity contribution in [1.82, 2.24) is 5.16 Å². The molecule has 0 aliphatic heterocycles. The van der Waals surface area contributed by atoms with Crippen molar-refractivity contribution in [1.29, 1.82) is 0 Å². The minimum atomic E-state index is -0.110. The maximum atomic E-state index is 11.7. The molecule has 6 nitrogen and oxygen atoms in total. The lowest BCUT2D eigenvalue weighted by molar-refractivity contribution is -0.116. The van der Waals surface area contributed by atoms with Gasteiger partial charge >= 0.3 is 0 Å². The molecule has 0 bridgehead atoms. The van der Waals surface area contributed by atoms with E-state index in [4.69, 9.17) is 14.0 Å². The smallest absolute Gasteiger partial charge is 0.225 e. The topological polar surface area (TPSA) is 73.6 Å². The highest BCUT2D eigenvalue weighted by molar-refractivity contribution is 5.89. The quantitative estimate of drug-likeness (QED) is 0.794. The van der Waals surface area contributed by atoms with Crippen molar-refractivity contribution in [3.05, 3.63) is 36.1 Å². The number of benzene rings is 1. The minimum Gasteiger partial charge on any atom is -0.497 e. The minimum absolute atomic E-state index is 0.110. The van der Waals surface area contributed by atoms with Crippen LogP contribution in [0.25, 0.3) is 0 Å². The molecular weight excluding hydrogens is 272 g/mol. The van der Waals surface area contributed by atoms with Gasteiger partial charge in [0, 0.05) is 12.5 Å². The molecule has 0 spiro atoms. The fraction of sp³-hybridized carbons (Fsp3) is 0.333. The van der Waals surface area contributed by atoms with Gasteiger partial charge in [0.2, 0.25) is 5.91 Å². The Kier molecular flexibility index (Phi) is 5.20. The molecule has 1 aromatic carbocycles. The number of nitrogens with zero attached hydrogens (tertiary/aromatic N) is 1. The summed E-state index contributed by atoms with van der Waals surface area (Å²) >= 11 is 0. The molecular formula is C15H18N2O4. The van der Waals surface area contributed by atoms with Crippen LogP contribution >= 0.6 is 0 Å². The van der Waals surface area contributed by atoms with Crippen molar-refractivity contribution in [3.8, 4) is 11.5 Å². The van der Waals surface area contributed by atoms with E-state index in [0.717, 1.165) is 11.5 Å². The van der Waals surface area contributed by atoms with E-state index < -0.39 is 0 Å². The lowest BCUT2D eigenvalue weighted by atomic mass is 10.3. The Morgan fingerprint density at radius 2 is 2.00 bits per heavy atom. The molecule has 0 atom stereocenters. The Balaban J connectivity index is 1.65. The highest BCUT2D eigenvalue weighted by Gasteiger charge is 2.06. The Labute approximate surface area is 123 Å². The molecule has 1 heterocycles. The normalized spacial score (nSPS) is 10.2. The lowest BCUT2D eigenvalue weighted by Crippen LogP contribution is -2.12. The van der Waals surface area contributed by atoms with Crippen LogP contribution < -0.4 is 14.8 Å². The van der Waals surface area contributed by atoms with Crippen molar-refractivity contribution < 1.29 is 18.8 Å². The third-order valence-corrected chi connectivity index (χ3v) is 2.77. The number of carbonyl (C=O) groups excluding carboxylic acids is 1. The SMILES string of the molecule is COc1ccc(OCCCC(=O)Nc2cc(C)on2)cc1. The van der Waals surface area contributed by atoms with Crippen molar-refractivity contribution >= 4 is 11.7 Å². The molecule has 21 heavy (non-hydrogen) atoms. The summed E-state index contributed by atoms with van der Waals surface area (Å²) < 4.78 is 15.5. The average molecular weight is 290 g/mol. The molecule has 112 valence electrons. The number of aromatic nitrogens is 1. The van der Waals surface area contributed by atoms with E-state index in [2.05, 4.69) is 10.5 Å². The zero-order valence-electron chi connectivity index (χ0n) is 12.1. The second kappa shape index (κ2) is 7.33. The summed E-state index contributed by atoms with van der Waals surface area (Å²) in [5, 5.41) is 6.36. The molecule has 0 aliphatic rings. The Bertz CT molecular complexity index is 578. The molecule has 1 aromatic heterocycles. The highest BCUT2D eigenvalue weighted by atomic mass is 16.5. The molecule has 6 heteroatoms. The fourth-order valence-corrected chi connectivity index (χ4v) is 1.73. The summed E-state index contributed by atoms with van der Waals surface area (Å²) in [6.45, 7) is 2.24. The van der Waals surface area contributed by atoms with Crippen LogP contribution in [-0.4, -0.2) is 24.8 Å². The van der Waals surface area contributed by atoms with E-state index in [0.29, 0.717) is 31.0 Å². The van der Waals surface area contributed by atoms with Gasteiger partial charge in [0.15, 0.2) is 5.82 Å². The zero-order valence-corrected chi connectivity index (χ0v) is 12.1. The van der Waals surface area contributed by atoms with Crippen LogP contribution in [0.3, 0.4) is 0 Å². The van der Waals surface area contributed by atoms with Gasteiger partial charge in [0.25, 0.3) is 0 Å². The van der Waals surface area contributed by atoms with Crippen LogP contribution in [0.2, 0.25) is 0 Å². The predicted molar refractivity (Wildman–Crippen MR) is 77.6 cm³/mol. The van der Waals surface area contributed by atoms with Crippen LogP contribution in [0, 0.1) is 6.92 Å². The van der Waals surface area contributed by atoms with E-state index in [-0.39, 0.29) is 5.91 Å². The monoisotopic (exact) mass is 290 g/mol. The van der Waals surface area contributed by atoms with E-state index in [9.17, 15) is 4.79 Å². The van der Waals surface area contributed by atoms with Gasteiger partial charge < -0.3 is 19.3 Å². The van der Waals surface area contributed by atoms with Crippen LogP contribution in [-0.2, 0) is 4.79 Å². The Morgan fingerprint density at radius 1 is 1.29 bits per heavy atom. The number of aryl methyl sites for hydroxylation is 1. The molecule has 0 radical (unpaired) electrons. The molecule has 0 unspecified atom stereocenters. The van der Waals surface area contributed by atoms with Gasteiger partial charge in [-0.3, -0.25) is 4.79 Å². The van der Waals surface area contributed by atoms with Crippen molar-refractivity contribution in [2.75, 3.05) is 19.0 Å². The van der Waals surface area contributed by atoms with Gasteiger partial charge in [0.05, 0.1) is 13.7 Å². The first-order chi connectivity index (χ1) is 10.2. The van der Waals surface area contributed by atoms with E-state index >= 15 is 0 Å². The first-order valence-corrected chi connectivity index (χ1v) is 6.67. The number of anilines is 1. The second-order valence-corrected chi connectivity index (χ2v) is 4.50. The van der Waals surface area contributed by atoms with Gasteiger partial charge in [-0.2, -0.15) is 0 Å². The molecule has 1 amide bonds. The van der Waals surface area contributed by atoms with Crippen molar-refractivity contribution in [2.24, 2.45) is 0 Å². The van der Waals surface area contributed by atoms with Gasteiger partial charge in [-0.1, -0.05) is 5.16 Å². The number of hydrogen-bond acceptors (Lipinski definition) is 5. The maximum Gasteiger partial charge on any atom is 0.225 e. The number of hydrogen-bond donors (Lipinski definition) is 1. The summed E-state index contributed by atoms with van der Waals surface area (Å²) in [7, 11) is 1.62. The number of rotatable bonds is 7. The average Bonchev–Trinajstić information content (AvgIpc) is 2.89. The second-order valence-electron chi connectivity index (χ2n) is 4.50. The first-order valence-electron chi connectivity index (χ1n) is 6.67. The first kappa shape index (κ1) is 14.9. The van der Waals surface area contributed by atoms with Gasteiger partial charge in [0.1, 0.15) is 17.3 Å². The maximum absolute atomic E-state index is 11.7. The molecule has 2 aromatic rings. The van der Waals surface area contributed by atoms with Crippen molar-refractivity contribution in [2.45, 2.75) is 19.8 Å². The van der Waals surface area contributed by atoms with Gasteiger partial charge in [-0.25, -0.2) is 0 Å². The summed E-state index contributed by atoms with van der Waals surface area (Å²) in [6.07, 6.45) is 0.983. The van der Waals surface area contributed by atoms with Crippen LogP contribution in [0.15, 0.2) is 34.9 Å². The highest BCUT2D eigenvalue weighted by Crippen LogP contribution is 2.17. The molecule has 0 saturated heterocycles. The predicted octanol–water partition coefficient (Wildman–Crippen LogP) is 2.79. The standard InChI is InChI=1S/C15H18N2O4/c1-11-10-14(17-21-11)16-15(18)4-3-9-20-13-7-5-12(19-2)6-8-13/h5-8,10H,3-4,9H2,1-2H3,(H,16,17,18). The largest absolute Gasteiger partial charge is 0.497 e. The fourth-order valence-electron chi connectivity index (χ4n) is 1.73. The van der Waals surface area contributed by atoms with E-state index in [1.54, 1.807) is 20.1 Å². The van der Waals surface area contributed by atoms with E-state index in [1.807, 2.05) is 24.3 Å². The summed E-state index contributed by atoms with van der Waals surface area (Å²) in [6, 6.07) is 8.99. The van der Waals surface area contributed by atoms with Gasteiger partial charge in [-0.15, -0.1) is 0 Å².